The summed E-state index contributed by atoms with van der Waals surface area (Å²) in [6, 6.07) is 11.4. The van der Waals surface area contributed by atoms with Gasteiger partial charge in [0.05, 0.1) is 0 Å². The molecule has 0 aliphatic rings. The van der Waals surface area contributed by atoms with Crippen LogP contribution in [0.3, 0.4) is 0 Å². The molecule has 1 aromatic carbocycles. The highest BCUT2D eigenvalue weighted by Gasteiger charge is 2.08. The molecular formula is C19H33N. The van der Waals surface area contributed by atoms with Crippen LogP contribution in [0.5, 0.6) is 0 Å². The maximum absolute atomic E-state index is 3.74. The Morgan fingerprint density at radius 1 is 0.900 bits per heavy atom. The number of nitrogens with one attached hydrogen (secondary N) is 1. The normalized spacial score (nSPS) is 12.8. The predicted molar refractivity (Wildman–Crippen MR) is 90.0 cm³/mol. The molecule has 1 atom stereocenters. The average molecular weight is 275 g/mol. The van der Waals surface area contributed by atoms with E-state index in [4.69, 9.17) is 0 Å². The van der Waals surface area contributed by atoms with Crippen molar-refractivity contribution in [1.82, 2.24) is 5.32 Å². The minimum Gasteiger partial charge on any atom is -0.310 e. The molecule has 20 heavy (non-hydrogen) atoms. The zero-order valence-electron chi connectivity index (χ0n) is 13.7. The van der Waals surface area contributed by atoms with E-state index < -0.39 is 0 Å². The lowest BCUT2D eigenvalue weighted by Gasteiger charge is -2.18. The summed E-state index contributed by atoms with van der Waals surface area (Å²) in [7, 11) is 0. The molecule has 0 fully saturated rings. The van der Waals surface area contributed by atoms with Gasteiger partial charge in [0.2, 0.25) is 0 Å². The van der Waals surface area contributed by atoms with Crippen molar-refractivity contribution in [3.8, 4) is 0 Å². The lowest BCUT2D eigenvalue weighted by molar-refractivity contribution is 0.467. The first-order valence-electron chi connectivity index (χ1n) is 8.52. The summed E-state index contributed by atoms with van der Waals surface area (Å²) in [5, 5.41) is 3.74. The number of rotatable bonds is 11. The molecule has 0 bridgehead atoms. The molecule has 0 saturated heterocycles. The maximum atomic E-state index is 3.74. The van der Waals surface area contributed by atoms with E-state index in [1.807, 2.05) is 0 Å². The topological polar surface area (TPSA) is 12.0 Å². The average Bonchev–Trinajstić information content (AvgIpc) is 2.45. The quantitative estimate of drug-likeness (QED) is 0.509. The van der Waals surface area contributed by atoms with Crippen LogP contribution in [0.2, 0.25) is 0 Å². The van der Waals surface area contributed by atoms with Crippen molar-refractivity contribution in [2.45, 2.75) is 71.8 Å². The summed E-state index contributed by atoms with van der Waals surface area (Å²) in [4.78, 5) is 0. The van der Waals surface area contributed by atoms with Crippen LogP contribution in [0.4, 0.5) is 0 Å². The van der Waals surface area contributed by atoms with Crippen LogP contribution in [-0.2, 0) is 0 Å². The van der Waals surface area contributed by atoms with Gasteiger partial charge in [0.15, 0.2) is 0 Å². The summed E-state index contributed by atoms with van der Waals surface area (Å²) >= 11 is 0. The predicted octanol–water partition coefficient (Wildman–Crippen LogP) is 5.72. The van der Waals surface area contributed by atoms with Gasteiger partial charge in [-0.05, 0) is 30.9 Å². The highest BCUT2D eigenvalue weighted by molar-refractivity contribution is 5.18. The fraction of sp³-hybridized carbons (Fsp3) is 0.684. The molecule has 1 N–H and O–H groups in total. The first-order valence-corrected chi connectivity index (χ1v) is 8.52. The van der Waals surface area contributed by atoms with Gasteiger partial charge in [-0.25, -0.2) is 0 Å². The minimum absolute atomic E-state index is 0.539. The number of hydrogen-bond donors (Lipinski definition) is 1. The second-order valence-corrected chi connectivity index (χ2v) is 6.30. The summed E-state index contributed by atoms with van der Waals surface area (Å²) in [5.74, 6) is 0.861. The Morgan fingerprint density at radius 2 is 1.60 bits per heavy atom. The van der Waals surface area contributed by atoms with Crippen molar-refractivity contribution in [1.29, 1.82) is 0 Å². The summed E-state index contributed by atoms with van der Waals surface area (Å²) < 4.78 is 0. The van der Waals surface area contributed by atoms with Gasteiger partial charge in [0.1, 0.15) is 0 Å². The van der Waals surface area contributed by atoms with Gasteiger partial charge in [-0.3, -0.25) is 0 Å². The van der Waals surface area contributed by atoms with E-state index >= 15 is 0 Å². The summed E-state index contributed by atoms with van der Waals surface area (Å²) in [6.07, 6.45) is 9.32. The van der Waals surface area contributed by atoms with Crippen molar-refractivity contribution >= 4 is 0 Å². The Hall–Kier alpha value is -0.820. The first-order chi connectivity index (χ1) is 9.74. The first kappa shape index (κ1) is 17.2. The van der Waals surface area contributed by atoms with Crippen LogP contribution in [0.25, 0.3) is 0 Å². The summed E-state index contributed by atoms with van der Waals surface area (Å²) in [5.41, 5.74) is 1.44. The number of benzene rings is 1. The molecule has 114 valence electrons. The molecule has 0 radical (unpaired) electrons. The Bertz CT molecular complexity index is 318. The third-order valence-electron chi connectivity index (χ3n) is 3.88. The summed E-state index contributed by atoms with van der Waals surface area (Å²) in [6.45, 7) is 8.05. The minimum atomic E-state index is 0.539. The molecule has 0 aromatic heterocycles. The standard InChI is InChI=1S/C19H33N/c1-4-12-19(18-14-9-7-10-15-18)20-16-11-6-5-8-13-17(2)3/h7,9-10,14-15,17,19-20H,4-6,8,11-13,16H2,1-3H3. The Labute approximate surface area is 126 Å². The molecule has 0 aliphatic carbocycles. The Balaban J connectivity index is 2.17. The Kier molecular flexibility index (Phi) is 9.40. The third kappa shape index (κ3) is 7.69. The molecule has 0 aliphatic heterocycles. The molecule has 0 saturated carbocycles. The van der Waals surface area contributed by atoms with Crippen LogP contribution in [-0.4, -0.2) is 6.54 Å². The highest BCUT2D eigenvalue weighted by Crippen LogP contribution is 2.18. The van der Waals surface area contributed by atoms with E-state index in [0.29, 0.717) is 6.04 Å². The van der Waals surface area contributed by atoms with Gasteiger partial charge in [0, 0.05) is 6.04 Å². The van der Waals surface area contributed by atoms with Gasteiger partial charge < -0.3 is 5.32 Å². The van der Waals surface area contributed by atoms with E-state index in [1.165, 1.54) is 50.5 Å². The van der Waals surface area contributed by atoms with Gasteiger partial charge in [-0.2, -0.15) is 0 Å². The second kappa shape index (κ2) is 10.9. The van der Waals surface area contributed by atoms with Crippen molar-refractivity contribution < 1.29 is 0 Å². The SMILES string of the molecule is CCCC(NCCCCCCC(C)C)c1ccccc1. The van der Waals surface area contributed by atoms with Crippen molar-refractivity contribution in [2.24, 2.45) is 5.92 Å². The lowest BCUT2D eigenvalue weighted by atomic mass is 10.0. The van der Waals surface area contributed by atoms with Crippen LogP contribution in [0, 0.1) is 5.92 Å². The largest absolute Gasteiger partial charge is 0.310 e. The molecular weight excluding hydrogens is 242 g/mol. The van der Waals surface area contributed by atoms with Crippen LogP contribution in [0.1, 0.15) is 77.3 Å². The van der Waals surface area contributed by atoms with Crippen molar-refractivity contribution in [2.75, 3.05) is 6.54 Å². The molecule has 1 unspecified atom stereocenters. The van der Waals surface area contributed by atoms with Crippen LogP contribution >= 0.6 is 0 Å². The third-order valence-corrected chi connectivity index (χ3v) is 3.88. The van der Waals surface area contributed by atoms with E-state index in [9.17, 15) is 0 Å². The fourth-order valence-electron chi connectivity index (χ4n) is 2.67. The van der Waals surface area contributed by atoms with E-state index in [1.54, 1.807) is 0 Å². The van der Waals surface area contributed by atoms with Crippen LogP contribution in [0.15, 0.2) is 30.3 Å². The monoisotopic (exact) mass is 275 g/mol. The molecule has 0 spiro atoms. The molecule has 1 aromatic rings. The van der Waals surface area contributed by atoms with E-state index in [0.717, 1.165) is 12.5 Å². The van der Waals surface area contributed by atoms with Crippen molar-refractivity contribution in [3.63, 3.8) is 0 Å². The van der Waals surface area contributed by atoms with Gasteiger partial charge >= 0.3 is 0 Å². The molecule has 0 amide bonds. The molecule has 0 heterocycles. The maximum Gasteiger partial charge on any atom is 0.0320 e. The smallest absolute Gasteiger partial charge is 0.0320 e. The Morgan fingerprint density at radius 3 is 2.25 bits per heavy atom. The van der Waals surface area contributed by atoms with Crippen molar-refractivity contribution in [3.05, 3.63) is 35.9 Å². The fourth-order valence-corrected chi connectivity index (χ4v) is 2.67. The van der Waals surface area contributed by atoms with E-state index in [2.05, 4.69) is 56.4 Å². The highest BCUT2D eigenvalue weighted by atomic mass is 14.9. The molecule has 1 rings (SSSR count). The van der Waals surface area contributed by atoms with Gasteiger partial charge in [-0.15, -0.1) is 0 Å². The second-order valence-electron chi connectivity index (χ2n) is 6.30. The molecule has 1 nitrogen and oxygen atoms in total. The number of unbranched alkanes of at least 4 members (excludes halogenated alkanes) is 3. The van der Waals surface area contributed by atoms with Crippen LogP contribution < -0.4 is 5.32 Å². The van der Waals surface area contributed by atoms with Gasteiger partial charge in [-0.1, -0.05) is 83.2 Å². The molecule has 1 heteroatoms. The van der Waals surface area contributed by atoms with Gasteiger partial charge in [0.25, 0.3) is 0 Å². The zero-order valence-corrected chi connectivity index (χ0v) is 13.7. The zero-order chi connectivity index (χ0) is 14.6. The lowest BCUT2D eigenvalue weighted by Crippen LogP contribution is -2.22. The number of hydrogen-bond acceptors (Lipinski definition) is 1. The van der Waals surface area contributed by atoms with E-state index in [-0.39, 0.29) is 0 Å².